The predicted molar refractivity (Wildman–Crippen MR) is 46.5 cm³/mol. The summed E-state index contributed by atoms with van der Waals surface area (Å²) in [5.41, 5.74) is 8.70. The van der Waals surface area contributed by atoms with Crippen LogP contribution in [0.1, 0.15) is 20.8 Å². The van der Waals surface area contributed by atoms with E-state index in [4.69, 9.17) is 5.73 Å². The largest absolute Gasteiger partial charge is 0.398 e. The molecule has 0 rings (SSSR count). The normalized spacial score (nSPS) is 14.5. The standard InChI is InChI=1S/C9H15N/c1-5-7(3)9(10)8(4)6-2/h5-6H,1,10H2,2-4H3/b8-6-,9-7+. The van der Waals surface area contributed by atoms with Gasteiger partial charge in [0.15, 0.2) is 0 Å². The number of nitrogens with two attached hydrogens (primary N) is 1. The van der Waals surface area contributed by atoms with E-state index in [1.807, 2.05) is 26.8 Å². The first-order valence-electron chi connectivity index (χ1n) is 3.35. The highest BCUT2D eigenvalue weighted by Gasteiger charge is 1.93. The molecule has 0 aromatic carbocycles. The van der Waals surface area contributed by atoms with Crippen molar-refractivity contribution in [2.24, 2.45) is 5.73 Å². The van der Waals surface area contributed by atoms with Crippen molar-refractivity contribution in [1.29, 1.82) is 0 Å². The fraction of sp³-hybridized carbons (Fsp3) is 0.333. The van der Waals surface area contributed by atoms with E-state index in [1.54, 1.807) is 6.08 Å². The minimum Gasteiger partial charge on any atom is -0.398 e. The van der Waals surface area contributed by atoms with E-state index in [0.717, 1.165) is 16.8 Å². The average molecular weight is 137 g/mol. The fourth-order valence-electron chi connectivity index (χ4n) is 0.576. The Morgan fingerprint density at radius 3 is 2.20 bits per heavy atom. The second-order valence-corrected chi connectivity index (χ2v) is 2.27. The van der Waals surface area contributed by atoms with Crippen molar-refractivity contribution in [3.8, 4) is 0 Å². The zero-order valence-electron chi connectivity index (χ0n) is 6.94. The van der Waals surface area contributed by atoms with Crippen LogP contribution in [0.15, 0.2) is 35.6 Å². The molecule has 0 saturated carbocycles. The minimum atomic E-state index is 0.831. The number of hydrogen-bond acceptors (Lipinski definition) is 1. The smallest absolute Gasteiger partial charge is 0.0369 e. The van der Waals surface area contributed by atoms with Crippen LogP contribution in [0, 0.1) is 0 Å². The van der Waals surface area contributed by atoms with E-state index in [9.17, 15) is 0 Å². The van der Waals surface area contributed by atoms with Gasteiger partial charge in [-0.25, -0.2) is 0 Å². The topological polar surface area (TPSA) is 26.0 Å². The summed E-state index contributed by atoms with van der Waals surface area (Å²) in [4.78, 5) is 0. The third-order valence-corrected chi connectivity index (χ3v) is 1.59. The van der Waals surface area contributed by atoms with Gasteiger partial charge in [-0.2, -0.15) is 0 Å². The van der Waals surface area contributed by atoms with Crippen molar-refractivity contribution in [3.63, 3.8) is 0 Å². The van der Waals surface area contributed by atoms with Gasteiger partial charge in [0.25, 0.3) is 0 Å². The van der Waals surface area contributed by atoms with Gasteiger partial charge in [0.2, 0.25) is 0 Å². The first-order chi connectivity index (χ1) is 4.63. The Bertz CT molecular complexity index is 185. The van der Waals surface area contributed by atoms with Gasteiger partial charge in [-0.05, 0) is 31.9 Å². The number of allylic oxidation sites excluding steroid dienone is 4. The van der Waals surface area contributed by atoms with E-state index in [1.165, 1.54) is 0 Å². The molecule has 0 aliphatic carbocycles. The lowest BCUT2D eigenvalue weighted by atomic mass is 10.1. The van der Waals surface area contributed by atoms with Crippen LogP contribution in [0.5, 0.6) is 0 Å². The Balaban J connectivity index is 4.63. The van der Waals surface area contributed by atoms with Gasteiger partial charge in [-0.3, -0.25) is 0 Å². The predicted octanol–water partition coefficient (Wildman–Crippen LogP) is 2.37. The lowest BCUT2D eigenvalue weighted by Crippen LogP contribution is -2.00. The molecule has 0 heterocycles. The molecule has 0 atom stereocenters. The molecule has 1 heteroatoms. The lowest BCUT2D eigenvalue weighted by molar-refractivity contribution is 1.22. The second-order valence-electron chi connectivity index (χ2n) is 2.27. The summed E-state index contributed by atoms with van der Waals surface area (Å²) >= 11 is 0. The van der Waals surface area contributed by atoms with Crippen LogP contribution in [-0.4, -0.2) is 0 Å². The van der Waals surface area contributed by atoms with Gasteiger partial charge in [0, 0.05) is 5.70 Å². The molecule has 0 unspecified atom stereocenters. The van der Waals surface area contributed by atoms with Crippen LogP contribution in [0.3, 0.4) is 0 Å². The zero-order valence-corrected chi connectivity index (χ0v) is 6.94. The maximum atomic E-state index is 5.72. The summed E-state index contributed by atoms with van der Waals surface area (Å²) in [6.45, 7) is 9.55. The van der Waals surface area contributed by atoms with Crippen LogP contribution >= 0.6 is 0 Å². The minimum absolute atomic E-state index is 0.831. The molecule has 56 valence electrons. The van der Waals surface area contributed by atoms with Crippen LogP contribution in [0.25, 0.3) is 0 Å². The Hall–Kier alpha value is -0.980. The van der Waals surface area contributed by atoms with Crippen molar-refractivity contribution >= 4 is 0 Å². The van der Waals surface area contributed by atoms with E-state index in [-0.39, 0.29) is 0 Å². The quantitative estimate of drug-likeness (QED) is 0.581. The summed E-state index contributed by atoms with van der Waals surface area (Å²) in [5, 5.41) is 0. The maximum absolute atomic E-state index is 5.72. The van der Waals surface area contributed by atoms with E-state index in [2.05, 4.69) is 6.58 Å². The van der Waals surface area contributed by atoms with E-state index < -0.39 is 0 Å². The SMILES string of the molecule is C=C/C(C)=C(N)\C(C)=C/C. The Morgan fingerprint density at radius 2 is 1.90 bits per heavy atom. The molecule has 0 amide bonds. The van der Waals surface area contributed by atoms with Gasteiger partial charge in [0.1, 0.15) is 0 Å². The van der Waals surface area contributed by atoms with Crippen molar-refractivity contribution < 1.29 is 0 Å². The molecule has 0 aliphatic rings. The Morgan fingerprint density at radius 1 is 1.40 bits per heavy atom. The third-order valence-electron chi connectivity index (χ3n) is 1.59. The maximum Gasteiger partial charge on any atom is 0.0369 e. The molecule has 0 bridgehead atoms. The first-order valence-corrected chi connectivity index (χ1v) is 3.35. The summed E-state index contributed by atoms with van der Waals surface area (Å²) in [5.74, 6) is 0. The molecule has 0 fully saturated rings. The number of rotatable bonds is 2. The van der Waals surface area contributed by atoms with Crippen molar-refractivity contribution in [1.82, 2.24) is 0 Å². The highest BCUT2D eigenvalue weighted by molar-refractivity contribution is 5.34. The monoisotopic (exact) mass is 137 g/mol. The van der Waals surface area contributed by atoms with Gasteiger partial charge in [-0.1, -0.05) is 18.7 Å². The molecule has 0 aliphatic heterocycles. The summed E-state index contributed by atoms with van der Waals surface area (Å²) in [6, 6.07) is 0. The fourth-order valence-corrected chi connectivity index (χ4v) is 0.576. The summed E-state index contributed by atoms with van der Waals surface area (Å²) in [7, 11) is 0. The molecule has 0 spiro atoms. The van der Waals surface area contributed by atoms with Crippen LogP contribution in [0.4, 0.5) is 0 Å². The molecule has 2 N–H and O–H groups in total. The molecule has 10 heavy (non-hydrogen) atoms. The molecule has 0 saturated heterocycles. The van der Waals surface area contributed by atoms with Gasteiger partial charge >= 0.3 is 0 Å². The Kier molecular flexibility index (Phi) is 3.55. The molecular weight excluding hydrogens is 122 g/mol. The molecule has 0 aromatic rings. The summed E-state index contributed by atoms with van der Waals surface area (Å²) < 4.78 is 0. The van der Waals surface area contributed by atoms with Crippen LogP contribution in [-0.2, 0) is 0 Å². The average Bonchev–Trinajstić information content (AvgIpc) is 2.00. The molecule has 1 nitrogen and oxygen atoms in total. The van der Waals surface area contributed by atoms with Crippen molar-refractivity contribution in [2.45, 2.75) is 20.8 Å². The number of hydrogen-bond donors (Lipinski definition) is 1. The second kappa shape index (κ2) is 3.94. The zero-order chi connectivity index (χ0) is 8.15. The molecule has 0 aromatic heterocycles. The highest BCUT2D eigenvalue weighted by Crippen LogP contribution is 2.08. The van der Waals surface area contributed by atoms with Gasteiger partial charge < -0.3 is 5.73 Å². The van der Waals surface area contributed by atoms with Crippen molar-refractivity contribution in [2.75, 3.05) is 0 Å². The molecular formula is C9H15N. The highest BCUT2D eigenvalue weighted by atomic mass is 14.6. The van der Waals surface area contributed by atoms with Gasteiger partial charge in [-0.15, -0.1) is 0 Å². The van der Waals surface area contributed by atoms with E-state index in [0.29, 0.717) is 0 Å². The third kappa shape index (κ3) is 2.09. The lowest BCUT2D eigenvalue weighted by Gasteiger charge is -2.02. The van der Waals surface area contributed by atoms with E-state index >= 15 is 0 Å². The Labute approximate surface area is 62.9 Å². The van der Waals surface area contributed by atoms with Crippen LogP contribution in [0.2, 0.25) is 0 Å². The van der Waals surface area contributed by atoms with Gasteiger partial charge in [0.05, 0.1) is 0 Å². The first kappa shape index (κ1) is 9.02. The molecule has 0 radical (unpaired) electrons. The summed E-state index contributed by atoms with van der Waals surface area (Å²) in [6.07, 6.45) is 3.75. The van der Waals surface area contributed by atoms with Crippen molar-refractivity contribution in [3.05, 3.63) is 35.6 Å². The van der Waals surface area contributed by atoms with Crippen LogP contribution < -0.4 is 5.73 Å².